The molecule has 0 radical (unpaired) electrons. The number of hydrogen-bond donors (Lipinski definition) is 1. The van der Waals surface area contributed by atoms with Gasteiger partial charge in [0.15, 0.2) is 9.84 Å². The highest BCUT2D eigenvalue weighted by atomic mass is 32.2. The summed E-state index contributed by atoms with van der Waals surface area (Å²) in [7, 11) is -3.55. The molecule has 1 unspecified atom stereocenters. The molecule has 0 aliphatic rings. The Balaban J connectivity index is 2.28. The van der Waals surface area contributed by atoms with Gasteiger partial charge in [-0.25, -0.2) is 12.8 Å². The van der Waals surface area contributed by atoms with Crippen LogP contribution in [0.25, 0.3) is 0 Å². The lowest BCUT2D eigenvalue weighted by molar-refractivity contribution is 0.557. The summed E-state index contributed by atoms with van der Waals surface area (Å²) in [5, 5.41) is 3.17. The van der Waals surface area contributed by atoms with Gasteiger partial charge in [0, 0.05) is 6.04 Å². The van der Waals surface area contributed by atoms with Crippen molar-refractivity contribution in [2.24, 2.45) is 0 Å². The van der Waals surface area contributed by atoms with Crippen LogP contribution in [0.1, 0.15) is 18.5 Å². The van der Waals surface area contributed by atoms with E-state index in [0.717, 1.165) is 11.6 Å². The van der Waals surface area contributed by atoms with E-state index >= 15 is 0 Å². The molecule has 0 aliphatic carbocycles. The first-order valence-electron chi connectivity index (χ1n) is 6.79. The molecule has 0 saturated heterocycles. The predicted octanol–water partition coefficient (Wildman–Crippen LogP) is 2.95. The molecule has 5 heteroatoms. The lowest BCUT2D eigenvalue weighted by Crippen LogP contribution is -2.28. The van der Waals surface area contributed by atoms with E-state index in [-0.39, 0.29) is 16.7 Å². The molecule has 1 atom stereocenters. The summed E-state index contributed by atoms with van der Waals surface area (Å²) < 4.78 is 38.1. The predicted molar refractivity (Wildman–Crippen MR) is 81.3 cm³/mol. The standard InChI is InChI=1S/C16H18FNO2S/c1-2-18-16(13-7-4-3-5-8-13)12-21(19,20)15-10-6-9-14(17)11-15/h3-11,16,18H,2,12H2,1H3. The number of hydrogen-bond acceptors (Lipinski definition) is 3. The minimum Gasteiger partial charge on any atom is -0.309 e. The molecule has 0 fully saturated rings. The summed E-state index contributed by atoms with van der Waals surface area (Å²) in [6, 6.07) is 14.2. The number of rotatable bonds is 6. The zero-order valence-electron chi connectivity index (χ0n) is 11.8. The van der Waals surface area contributed by atoms with Gasteiger partial charge in [0.1, 0.15) is 5.82 Å². The normalized spacial score (nSPS) is 13.0. The molecule has 0 aromatic heterocycles. The van der Waals surface area contributed by atoms with Crippen molar-refractivity contribution >= 4 is 9.84 Å². The van der Waals surface area contributed by atoms with Crippen LogP contribution in [0.2, 0.25) is 0 Å². The molecule has 21 heavy (non-hydrogen) atoms. The van der Waals surface area contributed by atoms with Gasteiger partial charge in [-0.05, 0) is 30.3 Å². The van der Waals surface area contributed by atoms with Gasteiger partial charge in [-0.1, -0.05) is 43.3 Å². The Kier molecular flexibility index (Phi) is 5.09. The molecule has 0 heterocycles. The molecule has 112 valence electrons. The maximum atomic E-state index is 13.2. The van der Waals surface area contributed by atoms with Crippen LogP contribution < -0.4 is 5.32 Å². The quantitative estimate of drug-likeness (QED) is 0.892. The molecule has 1 N–H and O–H groups in total. The molecular weight excluding hydrogens is 289 g/mol. The van der Waals surface area contributed by atoms with Crippen LogP contribution in [0.4, 0.5) is 4.39 Å². The van der Waals surface area contributed by atoms with Crippen LogP contribution >= 0.6 is 0 Å². The number of benzene rings is 2. The summed E-state index contributed by atoms with van der Waals surface area (Å²) in [6.45, 7) is 2.57. The third kappa shape index (κ3) is 4.12. The lowest BCUT2D eigenvalue weighted by Gasteiger charge is -2.18. The highest BCUT2D eigenvalue weighted by Gasteiger charge is 2.22. The van der Waals surface area contributed by atoms with Crippen molar-refractivity contribution in [3.05, 3.63) is 66.0 Å². The van der Waals surface area contributed by atoms with E-state index < -0.39 is 15.7 Å². The van der Waals surface area contributed by atoms with Gasteiger partial charge in [0.2, 0.25) is 0 Å². The molecule has 2 rings (SSSR count). The maximum Gasteiger partial charge on any atom is 0.180 e. The van der Waals surface area contributed by atoms with Gasteiger partial charge in [0.25, 0.3) is 0 Å². The van der Waals surface area contributed by atoms with Crippen LogP contribution in [-0.4, -0.2) is 20.7 Å². The first kappa shape index (κ1) is 15.7. The smallest absolute Gasteiger partial charge is 0.180 e. The fourth-order valence-electron chi connectivity index (χ4n) is 2.18. The molecular formula is C16H18FNO2S. The summed E-state index contributed by atoms with van der Waals surface area (Å²) >= 11 is 0. The number of nitrogens with one attached hydrogen (secondary N) is 1. The third-order valence-electron chi connectivity index (χ3n) is 3.19. The first-order valence-corrected chi connectivity index (χ1v) is 8.45. The average Bonchev–Trinajstić information content (AvgIpc) is 2.47. The zero-order valence-corrected chi connectivity index (χ0v) is 12.6. The molecule has 3 nitrogen and oxygen atoms in total. The summed E-state index contributed by atoms with van der Waals surface area (Å²) in [6.07, 6.45) is 0. The Morgan fingerprint density at radius 2 is 1.81 bits per heavy atom. The molecule has 2 aromatic carbocycles. The topological polar surface area (TPSA) is 46.2 Å². The van der Waals surface area contributed by atoms with Crippen molar-refractivity contribution in [2.45, 2.75) is 17.9 Å². The molecule has 0 amide bonds. The summed E-state index contributed by atoms with van der Waals surface area (Å²) in [5.41, 5.74) is 0.902. The second kappa shape index (κ2) is 6.83. The van der Waals surface area contributed by atoms with Crippen molar-refractivity contribution in [1.29, 1.82) is 0 Å². The highest BCUT2D eigenvalue weighted by molar-refractivity contribution is 7.91. The van der Waals surface area contributed by atoms with Crippen LogP contribution in [0.5, 0.6) is 0 Å². The highest BCUT2D eigenvalue weighted by Crippen LogP contribution is 2.20. The monoisotopic (exact) mass is 307 g/mol. The van der Waals surface area contributed by atoms with E-state index in [4.69, 9.17) is 0 Å². The lowest BCUT2D eigenvalue weighted by atomic mass is 10.1. The van der Waals surface area contributed by atoms with E-state index in [2.05, 4.69) is 5.32 Å². The van der Waals surface area contributed by atoms with Crippen LogP contribution in [0.3, 0.4) is 0 Å². The van der Waals surface area contributed by atoms with Gasteiger partial charge >= 0.3 is 0 Å². The third-order valence-corrected chi connectivity index (χ3v) is 4.94. The van der Waals surface area contributed by atoms with Crippen molar-refractivity contribution < 1.29 is 12.8 Å². The minimum absolute atomic E-state index is 0.0151. The van der Waals surface area contributed by atoms with Crippen LogP contribution in [0, 0.1) is 5.82 Å². The van der Waals surface area contributed by atoms with Gasteiger partial charge < -0.3 is 5.32 Å². The average molecular weight is 307 g/mol. The summed E-state index contributed by atoms with van der Waals surface area (Å²) in [4.78, 5) is 0.0151. The molecule has 0 bridgehead atoms. The van der Waals surface area contributed by atoms with Gasteiger partial charge in [-0.2, -0.15) is 0 Å². The first-order chi connectivity index (χ1) is 10.0. The molecule has 0 aliphatic heterocycles. The van der Waals surface area contributed by atoms with Crippen molar-refractivity contribution in [1.82, 2.24) is 5.32 Å². The van der Waals surface area contributed by atoms with Gasteiger partial charge in [-0.3, -0.25) is 0 Å². The van der Waals surface area contributed by atoms with Crippen molar-refractivity contribution in [3.63, 3.8) is 0 Å². The SMILES string of the molecule is CCNC(CS(=O)(=O)c1cccc(F)c1)c1ccccc1. The second-order valence-corrected chi connectivity index (χ2v) is 6.79. The Bertz CT molecular complexity index is 686. The molecule has 0 saturated carbocycles. The molecule has 2 aromatic rings. The van der Waals surface area contributed by atoms with Crippen LogP contribution in [0.15, 0.2) is 59.5 Å². The van der Waals surface area contributed by atoms with E-state index in [1.165, 1.54) is 18.2 Å². The zero-order chi connectivity index (χ0) is 15.3. The maximum absolute atomic E-state index is 13.2. The van der Waals surface area contributed by atoms with Gasteiger partial charge in [0.05, 0.1) is 10.6 Å². The Morgan fingerprint density at radius 3 is 2.43 bits per heavy atom. The van der Waals surface area contributed by atoms with Crippen LogP contribution in [-0.2, 0) is 9.84 Å². The number of halogens is 1. The largest absolute Gasteiger partial charge is 0.309 e. The second-order valence-electron chi connectivity index (χ2n) is 4.76. The Hall–Kier alpha value is -1.72. The van der Waals surface area contributed by atoms with E-state index in [1.54, 1.807) is 0 Å². The Labute approximate surface area is 124 Å². The molecule has 0 spiro atoms. The van der Waals surface area contributed by atoms with Crippen molar-refractivity contribution in [3.8, 4) is 0 Å². The summed E-state index contributed by atoms with van der Waals surface area (Å²) in [5.74, 6) is -0.648. The van der Waals surface area contributed by atoms with E-state index in [0.29, 0.717) is 6.54 Å². The fraction of sp³-hybridized carbons (Fsp3) is 0.250. The Morgan fingerprint density at radius 1 is 1.10 bits per heavy atom. The number of sulfone groups is 1. The van der Waals surface area contributed by atoms with E-state index in [1.807, 2.05) is 37.3 Å². The van der Waals surface area contributed by atoms with Crippen molar-refractivity contribution in [2.75, 3.05) is 12.3 Å². The van der Waals surface area contributed by atoms with Gasteiger partial charge in [-0.15, -0.1) is 0 Å². The minimum atomic E-state index is -3.55. The van der Waals surface area contributed by atoms with E-state index in [9.17, 15) is 12.8 Å². The fourth-order valence-corrected chi connectivity index (χ4v) is 3.70.